The highest BCUT2D eigenvalue weighted by molar-refractivity contribution is 5.99. The Labute approximate surface area is 133 Å². The van der Waals surface area contributed by atoms with Crippen LogP contribution in [0.2, 0.25) is 0 Å². The fourth-order valence-electron chi connectivity index (χ4n) is 2.38. The summed E-state index contributed by atoms with van der Waals surface area (Å²) >= 11 is 0. The van der Waals surface area contributed by atoms with Crippen molar-refractivity contribution in [2.24, 2.45) is 5.73 Å². The predicted molar refractivity (Wildman–Crippen MR) is 87.1 cm³/mol. The van der Waals surface area contributed by atoms with Crippen molar-refractivity contribution in [3.8, 4) is 0 Å². The molecule has 2 aromatic carbocycles. The van der Waals surface area contributed by atoms with Crippen molar-refractivity contribution < 1.29 is 14.0 Å². The standard InChI is InChI=1S/C18H16N2O3/c1-11(16-10-12-5-2-3-8-15(12)23-16)20-18(22)14-7-4-6-13(9-14)17(19)21/h2-11H,1H3,(H2,19,21)(H,20,22). The summed E-state index contributed by atoms with van der Waals surface area (Å²) in [4.78, 5) is 23.5. The number of nitrogens with two attached hydrogens (primary N) is 1. The van der Waals surface area contributed by atoms with Crippen LogP contribution in [0.4, 0.5) is 0 Å². The van der Waals surface area contributed by atoms with E-state index in [2.05, 4.69) is 5.32 Å². The first-order valence-corrected chi connectivity index (χ1v) is 7.24. The first-order chi connectivity index (χ1) is 11.0. The van der Waals surface area contributed by atoms with Crippen LogP contribution < -0.4 is 11.1 Å². The largest absolute Gasteiger partial charge is 0.459 e. The van der Waals surface area contributed by atoms with E-state index in [0.29, 0.717) is 16.9 Å². The number of rotatable bonds is 4. The van der Waals surface area contributed by atoms with Crippen molar-refractivity contribution in [2.75, 3.05) is 0 Å². The fraction of sp³-hybridized carbons (Fsp3) is 0.111. The monoisotopic (exact) mass is 308 g/mol. The minimum absolute atomic E-state index is 0.291. The van der Waals surface area contributed by atoms with Gasteiger partial charge >= 0.3 is 0 Å². The van der Waals surface area contributed by atoms with Gasteiger partial charge < -0.3 is 15.5 Å². The maximum absolute atomic E-state index is 12.3. The molecule has 3 N–H and O–H groups in total. The average molecular weight is 308 g/mol. The van der Waals surface area contributed by atoms with Crippen molar-refractivity contribution in [3.63, 3.8) is 0 Å². The van der Waals surface area contributed by atoms with Crippen LogP contribution in [0.3, 0.4) is 0 Å². The second kappa shape index (κ2) is 5.96. The lowest BCUT2D eigenvalue weighted by Crippen LogP contribution is -2.26. The van der Waals surface area contributed by atoms with E-state index < -0.39 is 5.91 Å². The number of carbonyl (C=O) groups excluding carboxylic acids is 2. The summed E-state index contributed by atoms with van der Waals surface area (Å²) < 4.78 is 5.74. The van der Waals surface area contributed by atoms with Crippen molar-refractivity contribution >= 4 is 22.8 Å². The molecule has 1 atom stereocenters. The number of nitrogens with one attached hydrogen (secondary N) is 1. The Morgan fingerprint density at radius 2 is 1.78 bits per heavy atom. The number of benzene rings is 2. The Bertz CT molecular complexity index is 850. The third kappa shape index (κ3) is 3.08. The van der Waals surface area contributed by atoms with Gasteiger partial charge in [0.1, 0.15) is 11.3 Å². The number of hydrogen-bond acceptors (Lipinski definition) is 3. The highest BCUT2D eigenvalue weighted by Gasteiger charge is 2.16. The molecule has 1 aromatic heterocycles. The van der Waals surface area contributed by atoms with E-state index in [4.69, 9.17) is 10.2 Å². The van der Waals surface area contributed by atoms with Gasteiger partial charge in [0, 0.05) is 16.5 Å². The van der Waals surface area contributed by atoms with Crippen LogP contribution in [0, 0.1) is 0 Å². The highest BCUT2D eigenvalue weighted by atomic mass is 16.3. The molecule has 5 nitrogen and oxygen atoms in total. The van der Waals surface area contributed by atoms with Gasteiger partial charge in [0.2, 0.25) is 5.91 Å². The number of hydrogen-bond donors (Lipinski definition) is 2. The van der Waals surface area contributed by atoms with Crippen LogP contribution in [-0.4, -0.2) is 11.8 Å². The molecule has 0 saturated carbocycles. The smallest absolute Gasteiger partial charge is 0.251 e. The van der Waals surface area contributed by atoms with E-state index in [0.717, 1.165) is 11.0 Å². The molecule has 0 saturated heterocycles. The van der Waals surface area contributed by atoms with Crippen LogP contribution in [0.25, 0.3) is 11.0 Å². The van der Waals surface area contributed by atoms with Crippen LogP contribution >= 0.6 is 0 Å². The Balaban J connectivity index is 1.79. The second-order valence-electron chi connectivity index (χ2n) is 5.33. The van der Waals surface area contributed by atoms with Crippen molar-refractivity contribution in [3.05, 3.63) is 71.5 Å². The van der Waals surface area contributed by atoms with Gasteiger partial charge in [-0.05, 0) is 37.3 Å². The summed E-state index contributed by atoms with van der Waals surface area (Å²) in [5, 5.41) is 3.84. The molecule has 5 heteroatoms. The normalized spacial score (nSPS) is 12.0. The van der Waals surface area contributed by atoms with Crippen molar-refractivity contribution in [2.45, 2.75) is 13.0 Å². The average Bonchev–Trinajstić information content (AvgIpc) is 2.99. The van der Waals surface area contributed by atoms with Crippen LogP contribution in [0.15, 0.2) is 59.0 Å². The van der Waals surface area contributed by atoms with Crippen molar-refractivity contribution in [1.82, 2.24) is 5.32 Å². The molecule has 0 fully saturated rings. The zero-order chi connectivity index (χ0) is 16.4. The molecule has 1 heterocycles. The molecule has 0 bridgehead atoms. The zero-order valence-electron chi connectivity index (χ0n) is 12.6. The Morgan fingerprint density at radius 3 is 2.52 bits per heavy atom. The maximum Gasteiger partial charge on any atom is 0.251 e. The number of fused-ring (bicyclic) bond motifs is 1. The molecule has 0 spiro atoms. The molecule has 0 radical (unpaired) electrons. The summed E-state index contributed by atoms with van der Waals surface area (Å²) in [6, 6.07) is 15.6. The molecule has 3 rings (SSSR count). The Morgan fingerprint density at radius 1 is 1.04 bits per heavy atom. The molecule has 23 heavy (non-hydrogen) atoms. The van der Waals surface area contributed by atoms with Crippen LogP contribution in [0.5, 0.6) is 0 Å². The molecular weight excluding hydrogens is 292 g/mol. The summed E-state index contributed by atoms with van der Waals surface area (Å²) in [5.74, 6) is -0.184. The molecule has 116 valence electrons. The van der Waals surface area contributed by atoms with Gasteiger partial charge in [0.25, 0.3) is 5.91 Å². The fourth-order valence-corrected chi connectivity index (χ4v) is 2.38. The van der Waals surface area contributed by atoms with E-state index >= 15 is 0 Å². The lowest BCUT2D eigenvalue weighted by molar-refractivity contribution is 0.0935. The third-order valence-corrected chi connectivity index (χ3v) is 3.63. The number of primary amides is 1. The molecule has 0 aliphatic heterocycles. The summed E-state index contributed by atoms with van der Waals surface area (Å²) in [7, 11) is 0. The van der Waals surface area contributed by atoms with Gasteiger partial charge in [-0.1, -0.05) is 24.3 Å². The predicted octanol–water partition coefficient (Wildman–Crippen LogP) is 3.02. The topological polar surface area (TPSA) is 85.3 Å². The number of amides is 2. The van der Waals surface area contributed by atoms with Crippen LogP contribution in [-0.2, 0) is 0 Å². The van der Waals surface area contributed by atoms with Gasteiger partial charge in [-0.3, -0.25) is 9.59 Å². The zero-order valence-corrected chi connectivity index (χ0v) is 12.6. The molecule has 1 unspecified atom stereocenters. The van der Waals surface area contributed by atoms with Gasteiger partial charge in [0.15, 0.2) is 0 Å². The van der Waals surface area contributed by atoms with Crippen LogP contribution in [0.1, 0.15) is 39.4 Å². The van der Waals surface area contributed by atoms with Gasteiger partial charge in [-0.15, -0.1) is 0 Å². The number of furan rings is 1. The number of para-hydroxylation sites is 1. The second-order valence-corrected chi connectivity index (χ2v) is 5.33. The molecule has 0 aliphatic carbocycles. The quantitative estimate of drug-likeness (QED) is 0.777. The molecule has 0 aliphatic rings. The highest BCUT2D eigenvalue weighted by Crippen LogP contribution is 2.23. The molecule has 3 aromatic rings. The third-order valence-electron chi connectivity index (χ3n) is 3.63. The Hall–Kier alpha value is -3.08. The first kappa shape index (κ1) is 14.8. The summed E-state index contributed by atoms with van der Waals surface area (Å²) in [6.45, 7) is 1.84. The molecular formula is C18H16N2O3. The molecule has 2 amide bonds. The minimum atomic E-state index is -0.565. The minimum Gasteiger partial charge on any atom is -0.459 e. The van der Waals surface area contributed by atoms with E-state index in [1.165, 1.54) is 6.07 Å². The van der Waals surface area contributed by atoms with E-state index in [9.17, 15) is 9.59 Å². The maximum atomic E-state index is 12.3. The lowest BCUT2D eigenvalue weighted by Gasteiger charge is -2.11. The summed E-state index contributed by atoms with van der Waals surface area (Å²) in [6.07, 6.45) is 0. The van der Waals surface area contributed by atoms with E-state index in [1.807, 2.05) is 37.3 Å². The number of carbonyl (C=O) groups is 2. The van der Waals surface area contributed by atoms with E-state index in [-0.39, 0.29) is 11.9 Å². The van der Waals surface area contributed by atoms with Gasteiger partial charge in [-0.2, -0.15) is 0 Å². The Kier molecular flexibility index (Phi) is 3.85. The first-order valence-electron chi connectivity index (χ1n) is 7.24. The van der Waals surface area contributed by atoms with Gasteiger partial charge in [0.05, 0.1) is 6.04 Å². The van der Waals surface area contributed by atoms with Gasteiger partial charge in [-0.25, -0.2) is 0 Å². The lowest BCUT2D eigenvalue weighted by atomic mass is 10.1. The SMILES string of the molecule is CC(NC(=O)c1cccc(C(N)=O)c1)c1cc2ccccc2o1. The summed E-state index contributed by atoms with van der Waals surface area (Å²) in [5.41, 5.74) is 6.69. The van der Waals surface area contributed by atoms with Crippen molar-refractivity contribution in [1.29, 1.82) is 0 Å². The van der Waals surface area contributed by atoms with E-state index in [1.54, 1.807) is 18.2 Å².